The number of carbonyl (C=O) groups excluding carboxylic acids is 1. The Balaban J connectivity index is 1.84. The van der Waals surface area contributed by atoms with E-state index in [1.807, 2.05) is 26.0 Å². The number of halogens is 3. The molecule has 0 spiro atoms. The Morgan fingerprint density at radius 3 is 2.83 bits per heavy atom. The highest BCUT2D eigenvalue weighted by atomic mass is 19.4. The van der Waals surface area contributed by atoms with Gasteiger partial charge in [0.1, 0.15) is 12.2 Å². The van der Waals surface area contributed by atoms with Crippen molar-refractivity contribution in [1.29, 1.82) is 0 Å². The molecule has 1 N–H and O–H groups in total. The van der Waals surface area contributed by atoms with Gasteiger partial charge in [-0.3, -0.25) is 4.79 Å². The van der Waals surface area contributed by atoms with Crippen LogP contribution in [0.4, 0.5) is 13.2 Å². The van der Waals surface area contributed by atoms with Crippen LogP contribution in [0.15, 0.2) is 18.2 Å². The van der Waals surface area contributed by atoms with Gasteiger partial charge in [-0.1, -0.05) is 24.0 Å². The maximum Gasteiger partial charge on any atom is 0.471 e. The van der Waals surface area contributed by atoms with Gasteiger partial charge in [0.15, 0.2) is 11.5 Å². The van der Waals surface area contributed by atoms with Gasteiger partial charge in [0.2, 0.25) is 0 Å². The van der Waals surface area contributed by atoms with E-state index in [1.165, 1.54) is 0 Å². The molecule has 0 fully saturated rings. The summed E-state index contributed by atoms with van der Waals surface area (Å²) in [5.74, 6) is 4.14. The lowest BCUT2D eigenvalue weighted by molar-refractivity contribution is -0.173. The van der Waals surface area contributed by atoms with Gasteiger partial charge in [-0.05, 0) is 19.9 Å². The van der Waals surface area contributed by atoms with Crippen LogP contribution in [-0.4, -0.2) is 30.8 Å². The lowest BCUT2D eigenvalue weighted by Crippen LogP contribution is -2.36. The SMILES string of the molecule is CC1(C)Cc2cccc(OCC#CCNC(=O)C(F)(F)F)c2O1. The third kappa shape index (κ3) is 4.55. The first-order valence-electron chi connectivity index (χ1n) is 6.93. The molecule has 1 aliphatic rings. The predicted octanol–water partition coefficient (Wildman–Crippen LogP) is 2.46. The quantitative estimate of drug-likeness (QED) is 0.868. The smallest absolute Gasteiger partial charge is 0.471 e. The number of hydrogen-bond donors (Lipinski definition) is 1. The van der Waals surface area contributed by atoms with E-state index >= 15 is 0 Å². The number of alkyl halides is 3. The van der Waals surface area contributed by atoms with E-state index in [9.17, 15) is 18.0 Å². The number of para-hydroxylation sites is 1. The first-order chi connectivity index (χ1) is 10.7. The fourth-order valence-electron chi connectivity index (χ4n) is 2.15. The molecule has 23 heavy (non-hydrogen) atoms. The molecule has 1 aromatic rings. The van der Waals surface area contributed by atoms with Crippen molar-refractivity contribution in [2.75, 3.05) is 13.2 Å². The number of fused-ring (bicyclic) bond motifs is 1. The van der Waals surface area contributed by atoms with Crippen molar-refractivity contribution in [1.82, 2.24) is 5.32 Å². The molecule has 1 aromatic carbocycles. The molecular formula is C16H16F3NO3. The van der Waals surface area contributed by atoms with Crippen LogP contribution in [0.25, 0.3) is 0 Å². The summed E-state index contributed by atoms with van der Waals surface area (Å²) in [4.78, 5) is 10.6. The average molecular weight is 327 g/mol. The Labute approximate surface area is 132 Å². The van der Waals surface area contributed by atoms with E-state index in [4.69, 9.17) is 9.47 Å². The number of nitrogens with one attached hydrogen (secondary N) is 1. The second kappa shape index (κ2) is 6.41. The van der Waals surface area contributed by atoms with Gasteiger partial charge in [0, 0.05) is 12.0 Å². The molecule has 0 aliphatic carbocycles. The average Bonchev–Trinajstić information content (AvgIpc) is 2.75. The summed E-state index contributed by atoms with van der Waals surface area (Å²) in [7, 11) is 0. The Morgan fingerprint density at radius 1 is 1.39 bits per heavy atom. The molecule has 124 valence electrons. The second-order valence-electron chi connectivity index (χ2n) is 5.61. The molecule has 0 aromatic heterocycles. The van der Waals surface area contributed by atoms with Crippen LogP contribution in [0.1, 0.15) is 19.4 Å². The molecule has 1 heterocycles. The third-order valence-corrected chi connectivity index (χ3v) is 3.07. The van der Waals surface area contributed by atoms with Crippen LogP contribution < -0.4 is 14.8 Å². The van der Waals surface area contributed by atoms with Gasteiger partial charge in [-0.25, -0.2) is 0 Å². The summed E-state index contributed by atoms with van der Waals surface area (Å²) in [6.45, 7) is 3.54. The number of carbonyl (C=O) groups is 1. The molecule has 0 unspecified atom stereocenters. The van der Waals surface area contributed by atoms with Crippen molar-refractivity contribution >= 4 is 5.91 Å². The van der Waals surface area contributed by atoms with E-state index in [2.05, 4.69) is 11.8 Å². The number of hydrogen-bond acceptors (Lipinski definition) is 3. The Hall–Kier alpha value is -2.36. The maximum absolute atomic E-state index is 11.9. The molecule has 7 heteroatoms. The van der Waals surface area contributed by atoms with Crippen molar-refractivity contribution < 1.29 is 27.4 Å². The minimum absolute atomic E-state index is 0.0118. The van der Waals surface area contributed by atoms with Gasteiger partial charge in [0.05, 0.1) is 6.54 Å². The van der Waals surface area contributed by atoms with E-state index in [1.54, 1.807) is 11.4 Å². The molecule has 0 saturated carbocycles. The molecule has 0 bridgehead atoms. The van der Waals surface area contributed by atoms with Crippen molar-refractivity contribution in [2.45, 2.75) is 32.0 Å². The molecule has 0 saturated heterocycles. The molecule has 1 aliphatic heterocycles. The van der Waals surface area contributed by atoms with Crippen molar-refractivity contribution in [3.05, 3.63) is 23.8 Å². The fraction of sp³-hybridized carbons (Fsp3) is 0.438. The Kier molecular flexibility index (Phi) is 4.73. The molecule has 4 nitrogen and oxygen atoms in total. The van der Waals surface area contributed by atoms with E-state index < -0.39 is 18.6 Å². The predicted molar refractivity (Wildman–Crippen MR) is 77.2 cm³/mol. The van der Waals surface area contributed by atoms with Crippen molar-refractivity contribution in [2.24, 2.45) is 0 Å². The van der Waals surface area contributed by atoms with Crippen LogP contribution in [0.5, 0.6) is 11.5 Å². The van der Waals surface area contributed by atoms with Gasteiger partial charge >= 0.3 is 12.1 Å². The number of amides is 1. The summed E-state index contributed by atoms with van der Waals surface area (Å²) in [5.41, 5.74) is 0.743. The summed E-state index contributed by atoms with van der Waals surface area (Å²) < 4.78 is 47.1. The molecular weight excluding hydrogens is 311 g/mol. The maximum atomic E-state index is 11.9. The lowest BCUT2D eigenvalue weighted by atomic mass is 10.0. The first kappa shape index (κ1) is 17.0. The van der Waals surface area contributed by atoms with Crippen LogP contribution in [0, 0.1) is 11.8 Å². The molecule has 1 amide bonds. The summed E-state index contributed by atoms with van der Waals surface area (Å²) in [6, 6.07) is 5.54. The summed E-state index contributed by atoms with van der Waals surface area (Å²) in [6.07, 6.45) is -4.12. The Bertz CT molecular complexity index is 657. The molecule has 0 atom stereocenters. The van der Waals surface area contributed by atoms with Crippen molar-refractivity contribution in [3.8, 4) is 23.3 Å². The van der Waals surface area contributed by atoms with Crippen LogP contribution >= 0.6 is 0 Å². The number of rotatable bonds is 3. The number of ether oxygens (including phenoxy) is 2. The van der Waals surface area contributed by atoms with Gasteiger partial charge in [0.25, 0.3) is 0 Å². The molecule has 2 rings (SSSR count). The lowest BCUT2D eigenvalue weighted by Gasteiger charge is -2.17. The largest absolute Gasteiger partial charge is 0.483 e. The van der Waals surface area contributed by atoms with E-state index in [-0.39, 0.29) is 12.2 Å². The minimum Gasteiger partial charge on any atom is -0.483 e. The van der Waals surface area contributed by atoms with Crippen molar-refractivity contribution in [3.63, 3.8) is 0 Å². The monoisotopic (exact) mass is 327 g/mol. The topological polar surface area (TPSA) is 47.6 Å². The zero-order valence-electron chi connectivity index (χ0n) is 12.7. The standard InChI is InChI=1S/C16H16F3NO3/c1-15(2)10-11-6-5-7-12(13(11)23-15)22-9-4-3-8-20-14(21)16(17,18)19/h5-7H,8-10H2,1-2H3,(H,20,21). The summed E-state index contributed by atoms with van der Waals surface area (Å²) >= 11 is 0. The van der Waals surface area contributed by atoms with Gasteiger partial charge < -0.3 is 14.8 Å². The highest BCUT2D eigenvalue weighted by molar-refractivity contribution is 5.81. The normalized spacial score (nSPS) is 15.0. The van der Waals surface area contributed by atoms with Crippen LogP contribution in [-0.2, 0) is 11.2 Å². The van der Waals surface area contributed by atoms with Gasteiger partial charge in [-0.15, -0.1) is 0 Å². The van der Waals surface area contributed by atoms with Crippen LogP contribution in [0.2, 0.25) is 0 Å². The zero-order valence-corrected chi connectivity index (χ0v) is 12.7. The van der Waals surface area contributed by atoms with E-state index in [0.717, 1.165) is 12.0 Å². The first-order valence-corrected chi connectivity index (χ1v) is 6.93. The highest BCUT2D eigenvalue weighted by Crippen LogP contribution is 2.41. The van der Waals surface area contributed by atoms with Crippen LogP contribution in [0.3, 0.4) is 0 Å². The fourth-order valence-corrected chi connectivity index (χ4v) is 2.15. The van der Waals surface area contributed by atoms with E-state index in [0.29, 0.717) is 11.5 Å². The summed E-state index contributed by atoms with van der Waals surface area (Å²) in [5, 5.41) is 1.66. The highest BCUT2D eigenvalue weighted by Gasteiger charge is 2.38. The minimum atomic E-state index is -4.90. The third-order valence-electron chi connectivity index (χ3n) is 3.07. The molecule has 0 radical (unpaired) electrons. The second-order valence-corrected chi connectivity index (χ2v) is 5.61. The zero-order chi connectivity index (χ0) is 17.1. The Morgan fingerprint density at radius 2 is 2.13 bits per heavy atom. The van der Waals surface area contributed by atoms with Gasteiger partial charge in [-0.2, -0.15) is 13.2 Å². The number of benzene rings is 1.